The number of nitrogens with two attached hydrogens (primary N) is 2. The van der Waals surface area contributed by atoms with Crippen LogP contribution in [0.4, 0.5) is 0 Å². The summed E-state index contributed by atoms with van der Waals surface area (Å²) in [5.74, 6) is -2.45. The van der Waals surface area contributed by atoms with Crippen LogP contribution in [-0.4, -0.2) is 88.1 Å². The predicted octanol–water partition coefficient (Wildman–Crippen LogP) is -2.70. The van der Waals surface area contributed by atoms with Crippen LogP contribution >= 0.6 is 0 Å². The fourth-order valence-electron chi connectivity index (χ4n) is 7.24. The minimum absolute atomic E-state index is 0.0368. The number of guanidine groups is 2. The predicted molar refractivity (Wildman–Crippen MR) is 150 cm³/mol. The molecule has 2 fully saturated rings. The molecule has 5 aliphatic rings. The van der Waals surface area contributed by atoms with Crippen LogP contribution in [0.25, 0.3) is 0 Å². The van der Waals surface area contributed by atoms with Gasteiger partial charge in [0.1, 0.15) is 17.8 Å². The number of hydrogen-bond acceptors (Lipinski definition) is 10. The van der Waals surface area contributed by atoms with Crippen molar-refractivity contribution in [3.63, 3.8) is 0 Å². The number of nitrogens with zero attached hydrogens (tertiary/aromatic N) is 2. The molecule has 13 nitrogen and oxygen atoms in total. The normalized spacial score (nSPS) is 31.4. The second-order valence-electron chi connectivity index (χ2n) is 12.6. The number of ether oxygens (including phenoxy) is 1. The molecule has 4 heterocycles. The SMILES string of the molecule is CC1(C)CCOc2c(C(=O)NC3CN4C(N)=N[C@@H](CNC(=O)C5CCCCC5)[C@@H]5[NH+]=C(N)NC54C3(O)O)cccc21. The van der Waals surface area contributed by atoms with Crippen molar-refractivity contribution in [2.45, 2.75) is 87.4 Å². The van der Waals surface area contributed by atoms with Crippen molar-refractivity contribution >= 4 is 23.7 Å². The van der Waals surface area contributed by atoms with Crippen LogP contribution in [0.3, 0.4) is 0 Å². The number of para-hydroxylation sites is 1. The first-order valence-electron chi connectivity index (χ1n) is 14.5. The topological polar surface area (TPSA) is 202 Å². The van der Waals surface area contributed by atoms with Crippen LogP contribution in [0.2, 0.25) is 0 Å². The van der Waals surface area contributed by atoms with E-state index < -0.39 is 35.5 Å². The van der Waals surface area contributed by atoms with E-state index in [9.17, 15) is 19.8 Å². The minimum atomic E-state index is -2.54. The molecule has 1 aromatic carbocycles. The number of rotatable bonds is 5. The van der Waals surface area contributed by atoms with Crippen molar-refractivity contribution < 1.29 is 29.5 Å². The van der Waals surface area contributed by atoms with Gasteiger partial charge in [-0.2, -0.15) is 0 Å². The van der Waals surface area contributed by atoms with Crippen molar-refractivity contribution in [1.82, 2.24) is 20.9 Å². The molecule has 222 valence electrons. The van der Waals surface area contributed by atoms with Gasteiger partial charge in [0.2, 0.25) is 11.7 Å². The molecule has 1 spiro atoms. The lowest BCUT2D eigenvalue weighted by atomic mass is 9.79. The highest BCUT2D eigenvalue weighted by atomic mass is 16.5. The molecule has 0 aromatic heterocycles. The summed E-state index contributed by atoms with van der Waals surface area (Å²) in [4.78, 5) is 35.7. The lowest BCUT2D eigenvalue weighted by Gasteiger charge is -2.46. The molecule has 13 heteroatoms. The van der Waals surface area contributed by atoms with Crippen LogP contribution in [0.15, 0.2) is 23.2 Å². The zero-order chi connectivity index (χ0) is 29.2. The number of aliphatic hydroxyl groups is 2. The van der Waals surface area contributed by atoms with Crippen molar-refractivity contribution in [3.05, 3.63) is 29.3 Å². The highest BCUT2D eigenvalue weighted by molar-refractivity contribution is 5.98. The number of fused-ring (bicyclic) bond motifs is 1. The smallest absolute Gasteiger partial charge is 0.343 e. The quantitative estimate of drug-likeness (QED) is 0.174. The van der Waals surface area contributed by atoms with Crippen LogP contribution in [0.5, 0.6) is 5.75 Å². The Labute approximate surface area is 238 Å². The lowest BCUT2D eigenvalue weighted by molar-refractivity contribution is -0.521. The number of nitrogens with one attached hydrogen (secondary N) is 4. The third-order valence-electron chi connectivity index (χ3n) is 9.61. The number of aliphatic imine (C=N–C) groups is 1. The van der Waals surface area contributed by atoms with E-state index in [0.29, 0.717) is 17.9 Å². The molecule has 2 unspecified atom stereocenters. The number of amides is 2. The van der Waals surface area contributed by atoms with Gasteiger partial charge < -0.3 is 31.3 Å². The summed E-state index contributed by atoms with van der Waals surface area (Å²) >= 11 is 0. The van der Waals surface area contributed by atoms with Gasteiger partial charge in [-0.1, -0.05) is 45.2 Å². The molecule has 2 amide bonds. The van der Waals surface area contributed by atoms with E-state index >= 15 is 0 Å². The van der Waals surface area contributed by atoms with Gasteiger partial charge in [-0.3, -0.25) is 25.2 Å². The number of benzene rings is 1. The van der Waals surface area contributed by atoms with Gasteiger partial charge >= 0.3 is 5.96 Å². The highest BCUT2D eigenvalue weighted by Gasteiger charge is 2.76. The summed E-state index contributed by atoms with van der Waals surface area (Å²) in [5, 5.41) is 32.3. The summed E-state index contributed by atoms with van der Waals surface area (Å²) < 4.78 is 5.91. The van der Waals surface area contributed by atoms with Crippen molar-refractivity contribution in [1.29, 1.82) is 0 Å². The minimum Gasteiger partial charge on any atom is -0.492 e. The van der Waals surface area contributed by atoms with E-state index in [2.05, 4.69) is 39.8 Å². The van der Waals surface area contributed by atoms with Crippen molar-refractivity contribution in [2.75, 3.05) is 19.7 Å². The van der Waals surface area contributed by atoms with Crippen LogP contribution < -0.4 is 37.1 Å². The first-order valence-corrected chi connectivity index (χ1v) is 14.5. The Balaban J connectivity index is 1.25. The van der Waals surface area contributed by atoms with Gasteiger partial charge in [-0.05, 0) is 30.7 Å². The summed E-state index contributed by atoms with van der Waals surface area (Å²) in [7, 11) is 0. The maximum atomic E-state index is 13.6. The lowest BCUT2D eigenvalue weighted by Crippen LogP contribution is -2.90. The van der Waals surface area contributed by atoms with Gasteiger partial charge in [-0.25, -0.2) is 10.3 Å². The largest absolute Gasteiger partial charge is 0.492 e. The molecular weight excluding hydrogens is 528 g/mol. The number of carbonyl (C=O) groups is 2. The van der Waals surface area contributed by atoms with Crippen LogP contribution in [0.1, 0.15) is 68.3 Å². The molecule has 1 saturated heterocycles. The first-order chi connectivity index (χ1) is 19.5. The van der Waals surface area contributed by atoms with Crippen LogP contribution in [0, 0.1) is 5.92 Å². The third-order valence-corrected chi connectivity index (χ3v) is 9.61. The van der Waals surface area contributed by atoms with Crippen molar-refractivity contribution in [2.24, 2.45) is 22.4 Å². The Bertz CT molecular complexity index is 1310. The first kappa shape index (κ1) is 27.6. The number of hydrogen-bond donors (Lipinski definition) is 8. The Morgan fingerprint density at radius 2 is 1.98 bits per heavy atom. The summed E-state index contributed by atoms with van der Waals surface area (Å²) in [5.41, 5.74) is 12.0. The van der Waals surface area contributed by atoms with E-state index in [1.54, 1.807) is 12.1 Å². The van der Waals surface area contributed by atoms with E-state index in [0.717, 1.165) is 44.1 Å². The van der Waals surface area contributed by atoms with Gasteiger partial charge in [0.25, 0.3) is 11.6 Å². The van der Waals surface area contributed by atoms with Crippen LogP contribution in [-0.2, 0) is 10.2 Å². The zero-order valence-corrected chi connectivity index (χ0v) is 23.6. The Hall–Kier alpha value is -3.58. The Morgan fingerprint density at radius 1 is 1.22 bits per heavy atom. The molecule has 4 aliphatic heterocycles. The summed E-state index contributed by atoms with van der Waals surface area (Å²) in [6.07, 6.45) is 5.74. The Kier molecular flexibility index (Phi) is 6.57. The molecule has 1 aliphatic carbocycles. The van der Waals surface area contributed by atoms with E-state index in [1.165, 1.54) is 4.90 Å². The molecular formula is C28H41N8O5+. The van der Waals surface area contributed by atoms with Gasteiger partial charge in [0.15, 0.2) is 12.0 Å². The van der Waals surface area contributed by atoms with E-state index in [4.69, 9.17) is 16.2 Å². The monoisotopic (exact) mass is 569 g/mol. The molecule has 0 bridgehead atoms. The Morgan fingerprint density at radius 3 is 2.73 bits per heavy atom. The molecule has 1 aromatic rings. The van der Waals surface area contributed by atoms with E-state index in [-0.39, 0.29) is 42.2 Å². The van der Waals surface area contributed by atoms with Crippen molar-refractivity contribution in [3.8, 4) is 5.75 Å². The second-order valence-corrected chi connectivity index (χ2v) is 12.6. The maximum Gasteiger partial charge on any atom is 0.343 e. The standard InChI is InChI=1S/C28H40N8O5/c1-26(2)11-12-41-20-16(9-6-10-17(20)26)23(38)33-19-14-36-25(30)32-18(13-31-22(37)15-7-4-3-5-8-15)21-27(36,28(19,39)40)35-24(29)34-21/h6,9-10,15,18-19,21,39-40H,3-5,7-8,11-14H2,1-2H3,(H2,30,32)(H,31,37)(H,33,38)(H3,29,34,35)/p+1/t18-,19?,21-,27?/m0/s1. The third kappa shape index (κ3) is 4.28. The molecule has 10 N–H and O–H groups in total. The number of carbonyl (C=O) groups excluding carboxylic acids is 2. The summed E-state index contributed by atoms with van der Waals surface area (Å²) in [6, 6.07) is 2.82. The zero-order valence-electron chi connectivity index (χ0n) is 23.6. The summed E-state index contributed by atoms with van der Waals surface area (Å²) in [6.45, 7) is 4.77. The van der Waals surface area contributed by atoms with Gasteiger partial charge in [0.05, 0.1) is 18.7 Å². The molecule has 4 atom stereocenters. The molecule has 0 radical (unpaired) electrons. The maximum absolute atomic E-state index is 13.6. The second kappa shape index (κ2) is 9.76. The van der Waals surface area contributed by atoms with Gasteiger partial charge in [0, 0.05) is 18.0 Å². The highest BCUT2D eigenvalue weighted by Crippen LogP contribution is 2.43. The molecule has 6 rings (SSSR count). The fraction of sp³-hybridized carbons (Fsp3) is 0.643. The fourth-order valence-corrected chi connectivity index (χ4v) is 7.24. The average Bonchev–Trinajstić information content (AvgIpc) is 3.41. The average molecular weight is 570 g/mol. The van der Waals surface area contributed by atoms with E-state index in [1.807, 2.05) is 6.07 Å². The molecule has 1 saturated carbocycles. The van der Waals surface area contributed by atoms with Gasteiger partial charge in [-0.15, -0.1) is 0 Å². The molecule has 41 heavy (non-hydrogen) atoms.